The Balaban J connectivity index is -0.000000274. The van der Waals surface area contributed by atoms with Gasteiger partial charge in [0.2, 0.25) is 0 Å². The summed E-state index contributed by atoms with van der Waals surface area (Å²) in [5, 5.41) is 0. The van der Waals surface area contributed by atoms with Gasteiger partial charge >= 0.3 is 0 Å². The molecule has 112 valence electrons. The van der Waals surface area contributed by atoms with E-state index < -0.39 is 0 Å². The summed E-state index contributed by atoms with van der Waals surface area (Å²) in [6.07, 6.45) is 8.89. The average Bonchev–Trinajstić information content (AvgIpc) is 2.43. The Hall–Kier alpha value is -0.370. The summed E-state index contributed by atoms with van der Waals surface area (Å²) in [7, 11) is 0. The van der Waals surface area contributed by atoms with Crippen molar-refractivity contribution in [2.24, 2.45) is 11.7 Å². The molecule has 1 aliphatic carbocycles. The van der Waals surface area contributed by atoms with Gasteiger partial charge in [0, 0.05) is 6.42 Å². The van der Waals surface area contributed by atoms with Crippen LogP contribution in [0.4, 0.5) is 0 Å². The van der Waals surface area contributed by atoms with Crippen molar-refractivity contribution >= 4 is 5.78 Å². The Kier molecular flexibility index (Phi) is 27.7. The lowest BCUT2D eigenvalue weighted by Crippen LogP contribution is -2.07. The van der Waals surface area contributed by atoms with E-state index in [1.165, 1.54) is 32.1 Å². The third kappa shape index (κ3) is 21.0. The molecule has 0 amide bonds. The first kappa shape index (κ1) is 22.8. The molecule has 0 spiro atoms. The first-order valence-corrected chi connectivity index (χ1v) is 7.90. The largest absolute Gasteiger partial charge is 0.331 e. The van der Waals surface area contributed by atoms with Gasteiger partial charge in [-0.1, -0.05) is 66.7 Å². The van der Waals surface area contributed by atoms with E-state index in [2.05, 4.69) is 0 Å². The highest BCUT2D eigenvalue weighted by molar-refractivity contribution is 5.75. The minimum atomic E-state index is 0.357. The van der Waals surface area contributed by atoms with Gasteiger partial charge in [0.1, 0.15) is 5.78 Å². The molecule has 0 bridgehead atoms. The van der Waals surface area contributed by atoms with Gasteiger partial charge in [-0.05, 0) is 25.8 Å². The standard InChI is InChI=1S/C10H18O.C2H7N.2C2H6/c1-9(11)7-8-10-5-3-2-4-6-10;1-2-3;2*1-2/h10H,2-8H2,1H3;2-3H2,1H3;2*1-2H3. The average molecular weight is 259 g/mol. The molecule has 0 aromatic heterocycles. The minimum Gasteiger partial charge on any atom is -0.331 e. The maximum atomic E-state index is 10.7. The molecule has 1 fully saturated rings. The molecule has 0 atom stereocenters. The molecule has 0 unspecified atom stereocenters. The molecule has 0 saturated heterocycles. The molecule has 1 aliphatic rings. The van der Waals surface area contributed by atoms with Gasteiger partial charge < -0.3 is 10.5 Å². The summed E-state index contributed by atoms with van der Waals surface area (Å²) in [4.78, 5) is 10.7. The third-order valence-electron chi connectivity index (χ3n) is 2.63. The summed E-state index contributed by atoms with van der Waals surface area (Å²) >= 11 is 0. The summed E-state index contributed by atoms with van der Waals surface area (Å²) in [5.41, 5.74) is 4.85. The smallest absolute Gasteiger partial charge is 0.129 e. The Labute approximate surface area is 116 Å². The molecule has 0 heterocycles. The van der Waals surface area contributed by atoms with E-state index in [1.54, 1.807) is 6.92 Å². The van der Waals surface area contributed by atoms with Crippen LogP contribution in [-0.4, -0.2) is 12.3 Å². The van der Waals surface area contributed by atoms with Crippen LogP contribution in [0.3, 0.4) is 0 Å². The quantitative estimate of drug-likeness (QED) is 0.779. The Morgan fingerprint density at radius 3 is 1.78 bits per heavy atom. The summed E-state index contributed by atoms with van der Waals surface area (Å²) in [6.45, 7) is 12.4. The minimum absolute atomic E-state index is 0.357. The molecule has 18 heavy (non-hydrogen) atoms. The van der Waals surface area contributed by atoms with Gasteiger partial charge in [-0.25, -0.2) is 0 Å². The van der Waals surface area contributed by atoms with Crippen molar-refractivity contribution in [3.05, 3.63) is 0 Å². The number of ketones is 1. The van der Waals surface area contributed by atoms with E-state index >= 15 is 0 Å². The van der Waals surface area contributed by atoms with E-state index in [1.807, 2.05) is 34.6 Å². The van der Waals surface area contributed by atoms with Crippen LogP contribution in [0, 0.1) is 5.92 Å². The molecule has 1 rings (SSSR count). The number of nitrogens with two attached hydrogens (primary N) is 1. The predicted molar refractivity (Wildman–Crippen MR) is 83.9 cm³/mol. The second-order valence-electron chi connectivity index (χ2n) is 4.15. The van der Waals surface area contributed by atoms with Gasteiger partial charge in [-0.2, -0.15) is 0 Å². The lowest BCUT2D eigenvalue weighted by molar-refractivity contribution is -0.117. The molecule has 1 saturated carbocycles. The fourth-order valence-corrected chi connectivity index (χ4v) is 1.88. The number of Topliss-reactive ketones (excluding diaryl/α,β-unsaturated/α-hetero) is 1. The highest BCUT2D eigenvalue weighted by atomic mass is 16.1. The first-order valence-electron chi connectivity index (χ1n) is 7.90. The number of hydrogen-bond acceptors (Lipinski definition) is 2. The van der Waals surface area contributed by atoms with Crippen LogP contribution < -0.4 is 5.73 Å². The molecule has 0 radical (unpaired) electrons. The van der Waals surface area contributed by atoms with Gasteiger partial charge in [0.15, 0.2) is 0 Å². The van der Waals surface area contributed by atoms with Crippen molar-refractivity contribution in [2.75, 3.05) is 6.54 Å². The lowest BCUT2D eigenvalue weighted by Gasteiger charge is -2.20. The summed E-state index contributed by atoms with van der Waals surface area (Å²) < 4.78 is 0. The molecule has 0 aliphatic heterocycles. The van der Waals surface area contributed by atoms with Crippen LogP contribution in [0.1, 0.15) is 86.5 Å². The fraction of sp³-hybridized carbons (Fsp3) is 0.938. The molecule has 2 N–H and O–H groups in total. The zero-order valence-corrected chi connectivity index (χ0v) is 13.7. The van der Waals surface area contributed by atoms with Crippen LogP contribution in [0.2, 0.25) is 0 Å². The highest BCUT2D eigenvalue weighted by Crippen LogP contribution is 2.27. The normalized spacial score (nSPS) is 13.9. The van der Waals surface area contributed by atoms with Crippen LogP contribution in [0.25, 0.3) is 0 Å². The maximum absolute atomic E-state index is 10.7. The Morgan fingerprint density at radius 1 is 1.06 bits per heavy atom. The van der Waals surface area contributed by atoms with Gasteiger partial charge in [0.25, 0.3) is 0 Å². The van der Waals surface area contributed by atoms with Crippen LogP contribution in [0.15, 0.2) is 0 Å². The van der Waals surface area contributed by atoms with Crippen LogP contribution in [-0.2, 0) is 4.79 Å². The zero-order chi connectivity index (χ0) is 14.8. The third-order valence-corrected chi connectivity index (χ3v) is 2.63. The second-order valence-corrected chi connectivity index (χ2v) is 4.15. The van der Waals surface area contributed by atoms with E-state index in [4.69, 9.17) is 5.73 Å². The van der Waals surface area contributed by atoms with E-state index in [0.29, 0.717) is 5.78 Å². The SMILES string of the molecule is CC.CC.CC(=O)CCC1CCCCC1.CCN. The van der Waals surface area contributed by atoms with Crippen molar-refractivity contribution < 1.29 is 4.79 Å². The summed E-state index contributed by atoms with van der Waals surface area (Å²) in [6, 6.07) is 0. The van der Waals surface area contributed by atoms with Gasteiger partial charge in [0.05, 0.1) is 0 Å². The van der Waals surface area contributed by atoms with E-state index in [9.17, 15) is 4.79 Å². The highest BCUT2D eigenvalue weighted by Gasteiger charge is 2.13. The number of rotatable bonds is 3. The molecule has 0 aromatic rings. The fourth-order valence-electron chi connectivity index (χ4n) is 1.88. The molecule has 2 heteroatoms. The van der Waals surface area contributed by atoms with Crippen molar-refractivity contribution in [3.63, 3.8) is 0 Å². The zero-order valence-electron chi connectivity index (χ0n) is 13.7. The molecule has 2 nitrogen and oxygen atoms in total. The monoisotopic (exact) mass is 259 g/mol. The number of hydrogen-bond donors (Lipinski definition) is 1. The number of carbonyl (C=O) groups excluding carboxylic acids is 1. The van der Waals surface area contributed by atoms with Gasteiger partial charge in [-0.3, -0.25) is 0 Å². The molecular formula is C16H37NO. The van der Waals surface area contributed by atoms with Crippen LogP contribution in [0.5, 0.6) is 0 Å². The second kappa shape index (κ2) is 21.9. The Morgan fingerprint density at radius 2 is 1.44 bits per heavy atom. The van der Waals surface area contributed by atoms with Crippen molar-refractivity contribution in [1.29, 1.82) is 0 Å². The Bertz CT molecular complexity index is 140. The van der Waals surface area contributed by atoms with Crippen molar-refractivity contribution in [1.82, 2.24) is 0 Å². The number of carbonyl (C=O) groups is 1. The molecular weight excluding hydrogens is 222 g/mol. The molecule has 0 aromatic carbocycles. The maximum Gasteiger partial charge on any atom is 0.129 e. The van der Waals surface area contributed by atoms with E-state index in [0.717, 1.165) is 25.3 Å². The van der Waals surface area contributed by atoms with Gasteiger partial charge in [-0.15, -0.1) is 0 Å². The lowest BCUT2D eigenvalue weighted by atomic mass is 9.86. The van der Waals surface area contributed by atoms with Crippen molar-refractivity contribution in [2.45, 2.75) is 86.5 Å². The van der Waals surface area contributed by atoms with Crippen molar-refractivity contribution in [3.8, 4) is 0 Å². The summed E-state index contributed by atoms with van der Waals surface area (Å²) in [5.74, 6) is 1.23. The first-order chi connectivity index (χ1) is 8.70. The predicted octanol–water partition coefficient (Wildman–Crippen LogP) is 4.95. The van der Waals surface area contributed by atoms with E-state index in [-0.39, 0.29) is 0 Å². The topological polar surface area (TPSA) is 43.1 Å². The van der Waals surface area contributed by atoms with Crippen LogP contribution >= 0.6 is 0 Å².